The van der Waals surface area contributed by atoms with Crippen molar-refractivity contribution in [2.45, 2.75) is 110 Å². The molecule has 7 nitrogen and oxygen atoms in total. The van der Waals surface area contributed by atoms with Gasteiger partial charge in [-0.2, -0.15) is 0 Å². The van der Waals surface area contributed by atoms with Crippen molar-refractivity contribution >= 4 is 11.9 Å². The van der Waals surface area contributed by atoms with E-state index >= 15 is 0 Å². The number of aliphatic hydroxyl groups is 2. The van der Waals surface area contributed by atoms with Gasteiger partial charge in [-0.05, 0) is 122 Å². The zero-order valence-corrected chi connectivity index (χ0v) is 24.4. The lowest BCUT2D eigenvalue weighted by Crippen LogP contribution is -2.58. The molecule has 5 N–H and O–H groups in total. The number of fused-ring (bicyclic) bond motifs is 5. The minimum atomic E-state index is -1.06. The molecule has 0 heterocycles. The van der Waals surface area contributed by atoms with E-state index in [9.17, 15) is 30.0 Å². The molecule has 0 aliphatic heterocycles. The highest BCUT2D eigenvalue weighted by Crippen LogP contribution is 2.68. The Bertz CT molecular complexity index is 1080. The van der Waals surface area contributed by atoms with Gasteiger partial charge in [-0.1, -0.05) is 32.9 Å². The third-order valence-electron chi connectivity index (χ3n) is 12.3. The number of benzene rings is 1. The highest BCUT2D eigenvalue weighted by molar-refractivity contribution is 5.83. The zero-order valence-electron chi connectivity index (χ0n) is 24.4. The van der Waals surface area contributed by atoms with Crippen LogP contribution >= 0.6 is 0 Å². The van der Waals surface area contributed by atoms with Crippen molar-refractivity contribution in [3.63, 3.8) is 0 Å². The number of carbonyl (C=O) groups excluding carboxylic acids is 1. The summed E-state index contributed by atoms with van der Waals surface area (Å²) >= 11 is 0. The number of hydrogen-bond acceptors (Lipinski definition) is 5. The fourth-order valence-corrected chi connectivity index (χ4v) is 10.1. The maximum Gasteiger partial charge on any atom is 0.326 e. The van der Waals surface area contributed by atoms with Crippen LogP contribution in [0.2, 0.25) is 0 Å². The number of amides is 1. The van der Waals surface area contributed by atoms with Crippen molar-refractivity contribution in [1.29, 1.82) is 0 Å². The average Bonchev–Trinajstić information content (AvgIpc) is 3.26. The van der Waals surface area contributed by atoms with Gasteiger partial charge in [-0.3, -0.25) is 4.79 Å². The second kappa shape index (κ2) is 11.3. The van der Waals surface area contributed by atoms with Gasteiger partial charge < -0.3 is 25.7 Å². The van der Waals surface area contributed by atoms with E-state index in [2.05, 4.69) is 26.1 Å². The molecule has 5 rings (SSSR count). The molecule has 40 heavy (non-hydrogen) atoms. The Hall–Kier alpha value is -2.12. The van der Waals surface area contributed by atoms with Crippen molar-refractivity contribution in [3.05, 3.63) is 29.8 Å². The molecule has 11 unspecified atom stereocenters. The molecule has 0 spiro atoms. The molecule has 1 amide bonds. The van der Waals surface area contributed by atoms with E-state index in [1.807, 2.05) is 0 Å². The Morgan fingerprint density at radius 1 is 0.975 bits per heavy atom. The van der Waals surface area contributed by atoms with Gasteiger partial charge in [-0.15, -0.1) is 0 Å². The number of carboxylic acids is 1. The summed E-state index contributed by atoms with van der Waals surface area (Å²) in [5, 5.41) is 43.7. The number of nitrogens with one attached hydrogen (secondary N) is 1. The highest BCUT2D eigenvalue weighted by Gasteiger charge is 2.62. The lowest BCUT2D eigenvalue weighted by Gasteiger charge is -2.62. The summed E-state index contributed by atoms with van der Waals surface area (Å²) in [7, 11) is 0. The van der Waals surface area contributed by atoms with E-state index < -0.39 is 12.0 Å². The number of hydrogen-bond donors (Lipinski definition) is 5. The van der Waals surface area contributed by atoms with Crippen molar-refractivity contribution in [2.24, 2.45) is 46.3 Å². The highest BCUT2D eigenvalue weighted by atomic mass is 16.4. The van der Waals surface area contributed by atoms with Crippen LogP contribution in [-0.4, -0.2) is 50.6 Å². The van der Waals surface area contributed by atoms with Crippen LogP contribution in [0, 0.1) is 46.3 Å². The summed E-state index contributed by atoms with van der Waals surface area (Å²) in [5.74, 6) is 1.41. The molecule has 1 aromatic rings. The minimum Gasteiger partial charge on any atom is -0.508 e. The van der Waals surface area contributed by atoms with Crippen LogP contribution in [0.15, 0.2) is 24.3 Å². The quantitative estimate of drug-likeness (QED) is 0.310. The molecule has 4 aliphatic rings. The second-order valence-electron chi connectivity index (χ2n) is 14.3. The number of carboxylic acid groups (broad SMARTS) is 1. The third kappa shape index (κ3) is 5.40. The van der Waals surface area contributed by atoms with Gasteiger partial charge in [0.05, 0.1) is 12.2 Å². The lowest BCUT2D eigenvalue weighted by molar-refractivity contribution is -0.174. The molecule has 4 fully saturated rings. The number of aromatic hydroxyl groups is 1. The average molecular weight is 556 g/mol. The van der Waals surface area contributed by atoms with Crippen molar-refractivity contribution in [1.82, 2.24) is 5.32 Å². The smallest absolute Gasteiger partial charge is 0.326 e. The first-order chi connectivity index (χ1) is 18.9. The lowest BCUT2D eigenvalue weighted by atomic mass is 9.43. The third-order valence-corrected chi connectivity index (χ3v) is 12.3. The van der Waals surface area contributed by atoms with Gasteiger partial charge >= 0.3 is 5.97 Å². The van der Waals surface area contributed by atoms with Gasteiger partial charge in [0.15, 0.2) is 0 Å². The van der Waals surface area contributed by atoms with Gasteiger partial charge in [0.1, 0.15) is 11.8 Å². The monoisotopic (exact) mass is 555 g/mol. The van der Waals surface area contributed by atoms with Crippen LogP contribution in [0.4, 0.5) is 0 Å². The number of phenols is 1. The van der Waals surface area contributed by atoms with E-state index in [4.69, 9.17) is 0 Å². The summed E-state index contributed by atoms with van der Waals surface area (Å²) in [4.78, 5) is 24.7. The zero-order chi connectivity index (χ0) is 28.8. The van der Waals surface area contributed by atoms with Crippen molar-refractivity contribution in [3.8, 4) is 5.75 Å². The van der Waals surface area contributed by atoms with E-state index in [-0.39, 0.29) is 41.1 Å². The normalized spacial score (nSPS) is 40.3. The van der Waals surface area contributed by atoms with E-state index in [0.29, 0.717) is 41.9 Å². The summed E-state index contributed by atoms with van der Waals surface area (Å²) < 4.78 is 0. The van der Waals surface area contributed by atoms with Crippen molar-refractivity contribution < 1.29 is 30.0 Å². The molecule has 0 aromatic heterocycles. The molecular formula is C33H49NO6. The standard InChI is InChI=1S/C33H49NO6/c1-19(4-11-29(38)34-27(31(39)40)16-20-5-7-22(35)8-6-20)24-9-10-25-30-26(13-15-33(24,25)3)32(2)14-12-23(36)17-21(32)18-28(30)37/h5-8,19,21,23-28,30,35-37H,4,9-18H2,1-3H3,(H,34,38)(H,39,40). The molecular weight excluding hydrogens is 506 g/mol. The van der Waals surface area contributed by atoms with E-state index in [0.717, 1.165) is 63.4 Å². The van der Waals surface area contributed by atoms with Crippen LogP contribution < -0.4 is 5.32 Å². The summed E-state index contributed by atoms with van der Waals surface area (Å²) in [6.07, 6.45) is 8.82. The molecule has 11 atom stereocenters. The maximum absolute atomic E-state index is 12.8. The number of aliphatic hydroxyl groups excluding tert-OH is 2. The molecule has 222 valence electrons. The number of aliphatic carboxylic acids is 1. The Morgan fingerprint density at radius 2 is 1.65 bits per heavy atom. The Kier molecular flexibility index (Phi) is 8.28. The largest absolute Gasteiger partial charge is 0.508 e. The van der Waals surface area contributed by atoms with Crippen LogP contribution in [0.1, 0.15) is 90.5 Å². The van der Waals surface area contributed by atoms with Gasteiger partial charge in [0.2, 0.25) is 5.91 Å². The Morgan fingerprint density at radius 3 is 2.35 bits per heavy atom. The molecule has 1 aromatic carbocycles. The molecule has 7 heteroatoms. The first-order valence-corrected chi connectivity index (χ1v) is 15.6. The summed E-state index contributed by atoms with van der Waals surface area (Å²) in [6, 6.07) is 5.38. The fraction of sp³-hybridized carbons (Fsp3) is 0.758. The van der Waals surface area contributed by atoms with Crippen LogP contribution in [-0.2, 0) is 16.0 Å². The summed E-state index contributed by atoms with van der Waals surface area (Å²) in [5.41, 5.74) is 1.11. The van der Waals surface area contributed by atoms with E-state index in [1.165, 1.54) is 12.1 Å². The SMILES string of the molecule is CC(CCC(=O)NC(Cc1ccc(O)cc1)C(=O)O)C1CCC2C3C(O)CC4CC(O)CCC4(C)C3CCC12C. The molecule has 0 bridgehead atoms. The minimum absolute atomic E-state index is 0.121. The fourth-order valence-electron chi connectivity index (χ4n) is 10.1. The first-order valence-electron chi connectivity index (χ1n) is 15.6. The molecule has 4 saturated carbocycles. The first kappa shape index (κ1) is 29.4. The van der Waals surface area contributed by atoms with Crippen molar-refractivity contribution in [2.75, 3.05) is 0 Å². The number of carbonyl (C=O) groups is 2. The topological polar surface area (TPSA) is 127 Å². The summed E-state index contributed by atoms with van der Waals surface area (Å²) in [6.45, 7) is 7.13. The van der Waals surface area contributed by atoms with Gasteiger partial charge in [-0.25, -0.2) is 4.79 Å². The predicted molar refractivity (Wildman–Crippen MR) is 152 cm³/mol. The Balaban J connectivity index is 1.19. The predicted octanol–water partition coefficient (Wildman–Crippen LogP) is 4.91. The molecule has 0 radical (unpaired) electrons. The van der Waals surface area contributed by atoms with Crippen LogP contribution in [0.3, 0.4) is 0 Å². The molecule has 0 saturated heterocycles. The maximum atomic E-state index is 12.8. The van der Waals surface area contributed by atoms with Gasteiger partial charge in [0.25, 0.3) is 0 Å². The van der Waals surface area contributed by atoms with Crippen LogP contribution in [0.5, 0.6) is 5.75 Å². The number of rotatable bonds is 8. The van der Waals surface area contributed by atoms with E-state index in [1.54, 1.807) is 12.1 Å². The second-order valence-corrected chi connectivity index (χ2v) is 14.3. The molecule has 4 aliphatic carbocycles. The van der Waals surface area contributed by atoms with Gasteiger partial charge in [0, 0.05) is 12.8 Å². The Labute approximate surface area is 238 Å². The number of phenolic OH excluding ortho intramolecular Hbond substituents is 1. The van der Waals surface area contributed by atoms with Crippen LogP contribution in [0.25, 0.3) is 0 Å².